The number of non-ortho nitro benzene ring substituents is 1. The molecule has 4 N–H and O–H groups in total. The molecule has 1 amide bonds. The largest absolute Gasteiger partial charge is 0.507 e. The van der Waals surface area contributed by atoms with Crippen LogP contribution in [0.25, 0.3) is 10.8 Å². The minimum atomic E-state index is -4.81. The van der Waals surface area contributed by atoms with Crippen molar-refractivity contribution in [2.24, 2.45) is 0 Å². The highest BCUT2D eigenvalue weighted by Gasteiger charge is 2.21. The molecule has 31 heavy (non-hydrogen) atoms. The van der Waals surface area contributed by atoms with Crippen molar-refractivity contribution in [3.8, 4) is 5.75 Å². The van der Waals surface area contributed by atoms with Gasteiger partial charge in [-0.3, -0.25) is 24.0 Å². The molecular weight excluding hydrogens is 456 g/mol. The smallest absolute Gasteiger partial charge is 0.294 e. The Hall–Kier alpha value is -3.59. The molecule has 0 radical (unpaired) electrons. The van der Waals surface area contributed by atoms with Gasteiger partial charge >= 0.3 is 0 Å². The number of carbonyl (C=O) groups is 1. The predicted octanol–water partition coefficient (Wildman–Crippen LogP) is 2.20. The van der Waals surface area contributed by atoms with E-state index < -0.39 is 46.6 Å². The molecule has 0 bridgehead atoms. The van der Waals surface area contributed by atoms with E-state index in [2.05, 4.69) is 5.32 Å². The molecule has 12 nitrogen and oxygen atoms in total. The number of phenols is 1. The zero-order valence-electron chi connectivity index (χ0n) is 15.1. The lowest BCUT2D eigenvalue weighted by atomic mass is 10.1. The Balaban J connectivity index is 2.18. The summed E-state index contributed by atoms with van der Waals surface area (Å²) in [6.07, 6.45) is 0. The maximum absolute atomic E-state index is 12.5. The summed E-state index contributed by atoms with van der Waals surface area (Å²) in [4.78, 5) is 21.1. The van der Waals surface area contributed by atoms with Gasteiger partial charge in [-0.2, -0.15) is 16.8 Å². The number of nitrogens with one attached hydrogen (secondary N) is 1. The van der Waals surface area contributed by atoms with Crippen LogP contribution in [0, 0.1) is 10.1 Å². The number of carbonyl (C=O) groups excluding carboxylic acids is 1. The third-order valence-electron chi connectivity index (χ3n) is 4.16. The van der Waals surface area contributed by atoms with E-state index >= 15 is 0 Å². The Morgan fingerprint density at radius 1 is 0.903 bits per heavy atom. The molecule has 0 fully saturated rings. The molecule has 3 aromatic rings. The van der Waals surface area contributed by atoms with Gasteiger partial charge in [-0.15, -0.1) is 0 Å². The highest BCUT2D eigenvalue weighted by Crippen LogP contribution is 2.36. The van der Waals surface area contributed by atoms with Crippen molar-refractivity contribution in [1.82, 2.24) is 0 Å². The standard InChI is InChI=1S/C17H12N2O10S2/c20-15-8-13(31(27,28)29)6-10-5-12(30(24,25)26)7-14(16(10)15)18-17(21)9-1-3-11(4-2-9)19(22)23/h1-8,20H,(H,18,21)(H,24,25,26)(H,27,28,29). The first-order chi connectivity index (χ1) is 14.3. The molecule has 0 aliphatic heterocycles. The number of nitro groups is 1. The fraction of sp³-hybridized carbons (Fsp3) is 0. The summed E-state index contributed by atoms with van der Waals surface area (Å²) in [5.74, 6) is -1.56. The molecule has 0 atom stereocenters. The average Bonchev–Trinajstić information content (AvgIpc) is 2.66. The summed E-state index contributed by atoms with van der Waals surface area (Å²) >= 11 is 0. The number of rotatable bonds is 5. The van der Waals surface area contributed by atoms with Crippen molar-refractivity contribution in [3.05, 3.63) is 64.2 Å². The van der Waals surface area contributed by atoms with Gasteiger partial charge in [-0.05, 0) is 35.7 Å². The predicted molar refractivity (Wildman–Crippen MR) is 106 cm³/mol. The Labute approximate surface area is 174 Å². The van der Waals surface area contributed by atoms with Crippen molar-refractivity contribution < 1.29 is 40.8 Å². The monoisotopic (exact) mass is 468 g/mol. The number of benzene rings is 3. The molecule has 0 aliphatic carbocycles. The summed E-state index contributed by atoms with van der Waals surface area (Å²) in [6, 6.07) is 7.59. The summed E-state index contributed by atoms with van der Waals surface area (Å²) in [5, 5.41) is 22.9. The number of nitro benzene ring substituents is 1. The fourth-order valence-corrected chi connectivity index (χ4v) is 3.84. The van der Waals surface area contributed by atoms with Crippen LogP contribution in [0.1, 0.15) is 10.4 Å². The molecule has 162 valence electrons. The maximum Gasteiger partial charge on any atom is 0.294 e. The van der Waals surface area contributed by atoms with E-state index in [0.29, 0.717) is 6.07 Å². The van der Waals surface area contributed by atoms with E-state index in [9.17, 15) is 46.0 Å². The Bertz CT molecular complexity index is 1440. The zero-order chi connectivity index (χ0) is 23.1. The van der Waals surface area contributed by atoms with E-state index in [4.69, 9.17) is 0 Å². The third-order valence-corrected chi connectivity index (χ3v) is 5.82. The molecule has 0 saturated carbocycles. The van der Waals surface area contributed by atoms with Crippen LogP contribution in [-0.2, 0) is 20.2 Å². The second kappa shape index (κ2) is 7.59. The molecule has 0 heterocycles. The van der Waals surface area contributed by atoms with Crippen LogP contribution in [0.4, 0.5) is 11.4 Å². The maximum atomic E-state index is 12.5. The Kier molecular flexibility index (Phi) is 5.41. The topological polar surface area (TPSA) is 201 Å². The van der Waals surface area contributed by atoms with E-state index in [0.717, 1.165) is 42.5 Å². The minimum Gasteiger partial charge on any atom is -0.507 e. The van der Waals surface area contributed by atoms with Gasteiger partial charge in [0.05, 0.1) is 20.4 Å². The summed E-state index contributed by atoms with van der Waals surface area (Å²) in [7, 11) is -9.58. The second-order valence-corrected chi connectivity index (χ2v) is 9.06. The molecule has 0 unspecified atom stereocenters. The van der Waals surface area contributed by atoms with Gasteiger partial charge in [0.15, 0.2) is 0 Å². The lowest BCUT2D eigenvalue weighted by molar-refractivity contribution is -0.384. The van der Waals surface area contributed by atoms with Crippen molar-refractivity contribution >= 4 is 48.3 Å². The van der Waals surface area contributed by atoms with Crippen LogP contribution in [0.2, 0.25) is 0 Å². The fourth-order valence-electron chi connectivity index (χ4n) is 2.76. The lowest BCUT2D eigenvalue weighted by Crippen LogP contribution is -2.13. The number of hydrogen-bond donors (Lipinski definition) is 4. The van der Waals surface area contributed by atoms with Crippen LogP contribution in [0.5, 0.6) is 5.75 Å². The van der Waals surface area contributed by atoms with Gasteiger partial charge in [0, 0.05) is 29.1 Å². The number of aromatic hydroxyl groups is 1. The molecular formula is C17H12N2O10S2. The van der Waals surface area contributed by atoms with Crippen molar-refractivity contribution in [1.29, 1.82) is 0 Å². The van der Waals surface area contributed by atoms with Gasteiger partial charge in [0.25, 0.3) is 31.8 Å². The number of nitrogens with zero attached hydrogens (tertiary/aromatic N) is 1. The summed E-state index contributed by atoms with van der Waals surface area (Å²) < 4.78 is 64.6. The molecule has 3 rings (SSSR count). The number of hydrogen-bond acceptors (Lipinski definition) is 8. The molecule has 14 heteroatoms. The van der Waals surface area contributed by atoms with Crippen LogP contribution in [0.3, 0.4) is 0 Å². The van der Waals surface area contributed by atoms with Gasteiger partial charge in [0.1, 0.15) is 5.75 Å². The molecule has 0 aliphatic rings. The molecule has 0 saturated heterocycles. The highest BCUT2D eigenvalue weighted by molar-refractivity contribution is 7.86. The average molecular weight is 468 g/mol. The number of anilines is 1. The van der Waals surface area contributed by atoms with Gasteiger partial charge in [-0.1, -0.05) is 0 Å². The minimum absolute atomic E-state index is 0.0509. The van der Waals surface area contributed by atoms with Crippen LogP contribution in [0.15, 0.2) is 58.3 Å². The van der Waals surface area contributed by atoms with E-state index in [1.165, 1.54) is 0 Å². The zero-order valence-corrected chi connectivity index (χ0v) is 16.7. The Morgan fingerprint density at radius 2 is 1.42 bits per heavy atom. The van der Waals surface area contributed by atoms with Crippen molar-refractivity contribution in [2.75, 3.05) is 5.32 Å². The first-order valence-corrected chi connectivity index (χ1v) is 11.0. The van der Waals surface area contributed by atoms with E-state index in [1.54, 1.807) is 0 Å². The molecule has 0 aromatic heterocycles. The lowest BCUT2D eigenvalue weighted by Gasteiger charge is -2.13. The normalized spacial score (nSPS) is 11.9. The first-order valence-electron chi connectivity index (χ1n) is 8.09. The SMILES string of the molecule is O=C(Nc1cc(S(=O)(=O)O)cc2cc(S(=O)(=O)O)cc(O)c12)c1ccc([N+](=O)[O-])cc1. The van der Waals surface area contributed by atoms with Gasteiger partial charge < -0.3 is 10.4 Å². The Morgan fingerprint density at radius 3 is 1.90 bits per heavy atom. The number of fused-ring (bicyclic) bond motifs is 1. The third kappa shape index (κ3) is 4.61. The second-order valence-electron chi connectivity index (χ2n) is 6.22. The van der Waals surface area contributed by atoms with Gasteiger partial charge in [0.2, 0.25) is 0 Å². The van der Waals surface area contributed by atoms with Crippen LogP contribution < -0.4 is 5.32 Å². The van der Waals surface area contributed by atoms with E-state index in [1.807, 2.05) is 0 Å². The van der Waals surface area contributed by atoms with Gasteiger partial charge in [-0.25, -0.2) is 0 Å². The summed E-state index contributed by atoms with van der Waals surface area (Å²) in [5.41, 5.74) is -0.635. The van der Waals surface area contributed by atoms with Crippen molar-refractivity contribution in [3.63, 3.8) is 0 Å². The molecule has 3 aromatic carbocycles. The first kappa shape index (κ1) is 22.1. The van der Waals surface area contributed by atoms with Crippen molar-refractivity contribution in [2.45, 2.75) is 9.79 Å². The highest BCUT2D eigenvalue weighted by atomic mass is 32.2. The van der Waals surface area contributed by atoms with E-state index in [-0.39, 0.29) is 27.7 Å². The summed E-state index contributed by atoms with van der Waals surface area (Å²) in [6.45, 7) is 0. The van der Waals surface area contributed by atoms with Crippen LogP contribution in [-0.4, -0.2) is 41.9 Å². The van der Waals surface area contributed by atoms with Crippen LogP contribution >= 0.6 is 0 Å². The quantitative estimate of drug-likeness (QED) is 0.244. The molecule has 0 spiro atoms. The number of phenolic OH excluding ortho intramolecular Hbond substituents is 1. The number of amides is 1.